The van der Waals surface area contributed by atoms with Crippen LogP contribution in [-0.2, 0) is 12.7 Å². The zero-order valence-corrected chi connectivity index (χ0v) is 8.20. The first kappa shape index (κ1) is 10.7. The number of nitrogens with zero attached hydrogens (tertiary/aromatic N) is 2. The van der Waals surface area contributed by atoms with Gasteiger partial charge in [-0.1, -0.05) is 0 Å². The Labute approximate surface area is 89.7 Å². The van der Waals surface area contributed by atoms with Gasteiger partial charge in [-0.2, -0.15) is 18.1 Å². The summed E-state index contributed by atoms with van der Waals surface area (Å²) < 4.78 is 41.4. The predicted octanol–water partition coefficient (Wildman–Crippen LogP) is 1.11. The fourth-order valence-corrected chi connectivity index (χ4v) is 1.37. The lowest BCUT2D eigenvalue weighted by Crippen LogP contribution is -2.30. The van der Waals surface area contributed by atoms with Crippen LogP contribution in [-0.4, -0.2) is 12.7 Å². The Kier molecular flexibility index (Phi) is 2.46. The van der Waals surface area contributed by atoms with Crippen LogP contribution in [0.3, 0.4) is 0 Å². The van der Waals surface area contributed by atoms with Gasteiger partial charge in [0, 0.05) is 6.54 Å². The van der Waals surface area contributed by atoms with E-state index in [0.29, 0.717) is 11.3 Å². The van der Waals surface area contributed by atoms with Crippen LogP contribution in [0, 0.1) is 0 Å². The molecule has 0 saturated carbocycles. The fraction of sp³-hybridized carbons (Fsp3) is 0.200. The van der Waals surface area contributed by atoms with Gasteiger partial charge in [-0.25, -0.2) is 4.67 Å². The number of hydrogen-bond donors (Lipinski definition) is 1. The second-order valence-corrected chi connectivity index (χ2v) is 3.38. The average Bonchev–Trinajstić information content (AvgIpc) is 2.13. The maximum atomic E-state index is 12.6. The molecule has 0 fully saturated rings. The van der Waals surface area contributed by atoms with Crippen molar-refractivity contribution in [2.75, 3.05) is 4.90 Å². The normalized spacial score (nSPS) is 14.1. The number of rotatable bonds is 2. The molecule has 16 heavy (non-hydrogen) atoms. The maximum absolute atomic E-state index is 12.6. The summed E-state index contributed by atoms with van der Waals surface area (Å²) >= 11 is 0. The zero-order chi connectivity index (χ0) is 11.8. The molecule has 0 bridgehead atoms. The minimum Gasteiger partial charge on any atom is -0.326 e. The monoisotopic (exact) mass is 228 g/mol. The third-order valence-electron chi connectivity index (χ3n) is 2.22. The molecule has 2 N–H and O–H groups in total. The van der Waals surface area contributed by atoms with E-state index in [1.165, 1.54) is 17.6 Å². The highest BCUT2D eigenvalue weighted by Gasteiger charge is 2.32. The Morgan fingerprint density at radius 3 is 2.31 bits per heavy atom. The second-order valence-electron chi connectivity index (χ2n) is 3.38. The predicted molar refractivity (Wildman–Crippen MR) is 56.1 cm³/mol. The Morgan fingerprint density at radius 1 is 1.19 bits per heavy atom. The van der Waals surface area contributed by atoms with Crippen LogP contribution in [0.1, 0.15) is 11.1 Å². The number of benzene rings is 1. The summed E-state index contributed by atoms with van der Waals surface area (Å²) in [6.45, 7) is 0.0713. The molecular formula is C10H9F3N3+. The smallest absolute Gasteiger partial charge is 0.326 e. The Morgan fingerprint density at radius 2 is 1.88 bits per heavy atom. The van der Waals surface area contributed by atoms with Crippen LogP contribution < -0.4 is 15.3 Å². The van der Waals surface area contributed by atoms with Crippen LogP contribution >= 0.6 is 0 Å². The third-order valence-corrected chi connectivity index (χ3v) is 2.22. The molecule has 6 heteroatoms. The fourth-order valence-electron chi connectivity index (χ4n) is 1.37. The molecule has 0 unspecified atom stereocenters. The molecule has 0 aliphatic carbocycles. The van der Waals surface area contributed by atoms with Gasteiger partial charge >= 0.3 is 6.18 Å². The van der Waals surface area contributed by atoms with Gasteiger partial charge in [-0.15, -0.1) is 0 Å². The maximum Gasteiger partial charge on any atom is 0.416 e. The number of nitrogens with two attached hydrogens (primary N) is 1. The molecule has 1 aliphatic rings. The van der Waals surface area contributed by atoms with Crippen molar-refractivity contribution in [1.29, 1.82) is 0 Å². The quantitative estimate of drug-likeness (QED) is 0.770. The first-order chi connectivity index (χ1) is 7.50. The third kappa shape index (κ3) is 1.93. The van der Waals surface area contributed by atoms with E-state index < -0.39 is 11.7 Å². The van der Waals surface area contributed by atoms with Gasteiger partial charge in [0.05, 0.1) is 5.56 Å². The minimum atomic E-state index is -4.36. The lowest BCUT2D eigenvalue weighted by molar-refractivity contribution is -0.137. The number of anilines is 1. The SMILES string of the molecule is NCc1cc(N2C=[N+]=C2)cc(C(F)(F)F)c1. The summed E-state index contributed by atoms with van der Waals surface area (Å²) in [5.41, 5.74) is 5.53. The highest BCUT2D eigenvalue weighted by atomic mass is 19.4. The molecule has 0 atom stereocenters. The van der Waals surface area contributed by atoms with Crippen molar-refractivity contribution in [3.05, 3.63) is 29.3 Å². The molecule has 3 nitrogen and oxygen atoms in total. The first-order valence-electron chi connectivity index (χ1n) is 4.57. The van der Waals surface area contributed by atoms with E-state index in [-0.39, 0.29) is 6.54 Å². The van der Waals surface area contributed by atoms with E-state index in [2.05, 4.69) is 4.67 Å². The van der Waals surface area contributed by atoms with Crippen LogP contribution in [0.5, 0.6) is 0 Å². The lowest BCUT2D eigenvalue weighted by Gasteiger charge is -2.14. The molecule has 0 aromatic heterocycles. The van der Waals surface area contributed by atoms with E-state index in [9.17, 15) is 13.2 Å². The summed E-state index contributed by atoms with van der Waals surface area (Å²) in [6.07, 6.45) is -1.48. The van der Waals surface area contributed by atoms with E-state index in [1.807, 2.05) is 0 Å². The highest BCUT2D eigenvalue weighted by molar-refractivity contribution is 6.06. The number of hydrogen-bond acceptors (Lipinski definition) is 2. The van der Waals surface area contributed by atoms with E-state index in [4.69, 9.17) is 5.73 Å². The molecule has 0 saturated heterocycles. The van der Waals surface area contributed by atoms with Crippen molar-refractivity contribution in [2.24, 2.45) is 5.73 Å². The van der Waals surface area contributed by atoms with Crippen LogP contribution in [0.15, 0.2) is 18.2 Å². The van der Waals surface area contributed by atoms with Crippen LogP contribution in [0.25, 0.3) is 0 Å². The largest absolute Gasteiger partial charge is 0.416 e. The van der Waals surface area contributed by atoms with Crippen LogP contribution in [0.4, 0.5) is 18.9 Å². The van der Waals surface area contributed by atoms with Gasteiger partial charge in [-0.3, -0.25) is 0 Å². The van der Waals surface area contributed by atoms with Crippen molar-refractivity contribution in [3.8, 4) is 0 Å². The van der Waals surface area contributed by atoms with Gasteiger partial charge in [-0.05, 0) is 23.8 Å². The molecule has 1 heterocycles. The van der Waals surface area contributed by atoms with Gasteiger partial charge in [0.2, 0.25) is 0 Å². The summed E-state index contributed by atoms with van der Waals surface area (Å²) in [4.78, 5) is 1.51. The number of halogens is 3. The Hall–Kier alpha value is -1.78. The summed E-state index contributed by atoms with van der Waals surface area (Å²) in [5, 5.41) is 0. The molecular weight excluding hydrogens is 219 g/mol. The zero-order valence-electron chi connectivity index (χ0n) is 8.20. The summed E-state index contributed by atoms with van der Waals surface area (Å²) in [6, 6.07) is 3.73. The minimum absolute atomic E-state index is 0.0713. The van der Waals surface area contributed by atoms with Gasteiger partial charge in [0.15, 0.2) is 0 Å². The van der Waals surface area contributed by atoms with Crippen molar-refractivity contribution in [2.45, 2.75) is 12.7 Å². The van der Waals surface area contributed by atoms with E-state index in [0.717, 1.165) is 12.1 Å². The Bertz CT molecular complexity index is 465. The van der Waals surface area contributed by atoms with Gasteiger partial charge < -0.3 is 5.73 Å². The average molecular weight is 228 g/mol. The molecule has 0 radical (unpaired) electrons. The summed E-state index contributed by atoms with van der Waals surface area (Å²) in [5.74, 6) is 0. The molecule has 2 rings (SSSR count). The molecule has 0 spiro atoms. The molecule has 84 valence electrons. The lowest BCUT2D eigenvalue weighted by atomic mass is 10.1. The topological polar surface area (TPSA) is 43.4 Å². The van der Waals surface area contributed by atoms with E-state index in [1.54, 1.807) is 6.07 Å². The van der Waals surface area contributed by atoms with E-state index >= 15 is 0 Å². The van der Waals surface area contributed by atoms with Crippen molar-refractivity contribution >= 4 is 18.4 Å². The molecule has 1 aromatic carbocycles. The Balaban J connectivity index is 2.42. The molecule has 1 aromatic rings. The van der Waals surface area contributed by atoms with Crippen molar-refractivity contribution in [1.82, 2.24) is 4.67 Å². The first-order valence-corrected chi connectivity index (χ1v) is 4.57. The standard InChI is InChI=1S/C10H9F3N3/c11-10(12,13)8-1-7(4-14)2-9(3-8)16-5-15-6-16/h1-3,5-6H,4,14H2/q+1. The van der Waals surface area contributed by atoms with Gasteiger partial charge in [0.25, 0.3) is 12.7 Å². The molecule has 1 aliphatic heterocycles. The van der Waals surface area contributed by atoms with Crippen molar-refractivity contribution < 1.29 is 13.2 Å². The molecule has 0 amide bonds. The van der Waals surface area contributed by atoms with Gasteiger partial charge in [0.1, 0.15) is 5.69 Å². The van der Waals surface area contributed by atoms with Crippen molar-refractivity contribution in [3.63, 3.8) is 0 Å². The van der Waals surface area contributed by atoms with Crippen LogP contribution in [0.2, 0.25) is 0 Å². The summed E-state index contributed by atoms with van der Waals surface area (Å²) in [7, 11) is 0. The highest BCUT2D eigenvalue weighted by Crippen LogP contribution is 2.32. The second kappa shape index (κ2) is 3.66. The number of alkyl halides is 3.